The van der Waals surface area contributed by atoms with Crippen molar-refractivity contribution in [3.05, 3.63) is 33.4 Å². The normalized spacial score (nSPS) is 13.2. The maximum absolute atomic E-state index is 6.46. The molecule has 0 aromatic heterocycles. The molecule has 0 aliphatic rings. The van der Waals surface area contributed by atoms with Gasteiger partial charge in [-0.05, 0) is 73.4 Å². The van der Waals surface area contributed by atoms with Crippen molar-refractivity contribution in [2.24, 2.45) is 11.1 Å². The molecule has 104 valence electrons. The molecule has 2 N–H and O–H groups in total. The van der Waals surface area contributed by atoms with E-state index in [-0.39, 0.29) is 23.9 Å². The number of benzene rings is 1. The first-order valence-electron chi connectivity index (χ1n) is 6.41. The molecule has 0 amide bonds. The van der Waals surface area contributed by atoms with Gasteiger partial charge < -0.3 is 5.73 Å². The fourth-order valence-corrected chi connectivity index (χ4v) is 2.43. The van der Waals surface area contributed by atoms with Crippen LogP contribution < -0.4 is 5.73 Å². The van der Waals surface area contributed by atoms with Crippen LogP contribution in [0.4, 0.5) is 0 Å². The van der Waals surface area contributed by atoms with Crippen molar-refractivity contribution in [3.63, 3.8) is 0 Å². The lowest BCUT2D eigenvalue weighted by Gasteiger charge is -2.32. The topological polar surface area (TPSA) is 26.0 Å². The van der Waals surface area contributed by atoms with Crippen LogP contribution in [0.2, 0.25) is 0 Å². The van der Waals surface area contributed by atoms with Gasteiger partial charge in [-0.2, -0.15) is 0 Å². The molecule has 0 unspecified atom stereocenters. The Morgan fingerprint density at radius 1 is 0.722 bits per heavy atom. The van der Waals surface area contributed by atoms with E-state index in [0.717, 1.165) is 0 Å². The van der Waals surface area contributed by atoms with E-state index in [1.54, 1.807) is 0 Å². The minimum absolute atomic E-state index is 0. The highest BCUT2D eigenvalue weighted by Gasteiger charge is 2.26. The second-order valence-corrected chi connectivity index (χ2v) is 6.38. The minimum Gasteiger partial charge on any atom is -0.323 e. The van der Waals surface area contributed by atoms with E-state index >= 15 is 0 Å². The summed E-state index contributed by atoms with van der Waals surface area (Å²) in [7, 11) is 0. The van der Waals surface area contributed by atoms with E-state index in [1.807, 2.05) is 0 Å². The van der Waals surface area contributed by atoms with Crippen LogP contribution in [0.5, 0.6) is 0 Å². The zero-order valence-electron chi connectivity index (χ0n) is 13.1. The van der Waals surface area contributed by atoms with E-state index in [4.69, 9.17) is 5.73 Å². The third-order valence-electron chi connectivity index (χ3n) is 4.30. The maximum atomic E-state index is 6.46. The third-order valence-corrected chi connectivity index (χ3v) is 4.30. The number of hydrogen-bond donors (Lipinski definition) is 1. The van der Waals surface area contributed by atoms with Crippen LogP contribution in [0.1, 0.15) is 60.2 Å². The Kier molecular flexibility index (Phi) is 5.46. The predicted octanol–water partition coefficient (Wildman–Crippen LogP) is 4.70. The summed E-state index contributed by atoms with van der Waals surface area (Å²) < 4.78 is 0. The number of rotatable bonds is 1. The molecule has 0 spiro atoms. The minimum atomic E-state index is 0. The summed E-state index contributed by atoms with van der Waals surface area (Å²) in [6.45, 7) is 17.7. The highest BCUT2D eigenvalue weighted by molar-refractivity contribution is 5.85. The molecule has 0 aliphatic heterocycles. The number of hydrogen-bond acceptors (Lipinski definition) is 1. The molecule has 18 heavy (non-hydrogen) atoms. The maximum Gasteiger partial charge on any atom is 0.0349 e. The highest BCUT2D eigenvalue weighted by Crippen LogP contribution is 2.37. The van der Waals surface area contributed by atoms with Gasteiger partial charge in [0.15, 0.2) is 0 Å². The van der Waals surface area contributed by atoms with Gasteiger partial charge in [0.2, 0.25) is 0 Å². The lowest BCUT2D eigenvalue weighted by atomic mass is 9.77. The van der Waals surface area contributed by atoms with Crippen molar-refractivity contribution in [2.45, 2.75) is 61.4 Å². The Morgan fingerprint density at radius 2 is 1.00 bits per heavy atom. The Balaban J connectivity index is 0.00000289. The first-order valence-corrected chi connectivity index (χ1v) is 6.41. The van der Waals surface area contributed by atoms with Crippen molar-refractivity contribution in [3.8, 4) is 0 Å². The summed E-state index contributed by atoms with van der Waals surface area (Å²) >= 11 is 0. The summed E-state index contributed by atoms with van der Waals surface area (Å²) in [5.41, 5.74) is 14.8. The van der Waals surface area contributed by atoms with Crippen LogP contribution in [0.3, 0.4) is 0 Å². The molecular formula is C16H28ClN. The van der Waals surface area contributed by atoms with Gasteiger partial charge in [0, 0.05) is 6.04 Å². The molecule has 1 aromatic carbocycles. The van der Waals surface area contributed by atoms with E-state index in [1.165, 1.54) is 33.4 Å². The largest absolute Gasteiger partial charge is 0.323 e. The fourth-order valence-electron chi connectivity index (χ4n) is 2.43. The second kappa shape index (κ2) is 5.63. The molecule has 1 atom stereocenters. The standard InChI is InChI=1S/C16H27N.ClH/c1-9-10(2)12(4)14(13(5)11(9)3)15(17)16(6,7)8;/h15H,17H2,1-8H3;1H/t15-;/m0./s1. The Morgan fingerprint density at radius 3 is 1.28 bits per heavy atom. The van der Waals surface area contributed by atoms with Crippen molar-refractivity contribution in [2.75, 3.05) is 0 Å². The van der Waals surface area contributed by atoms with Crippen molar-refractivity contribution >= 4 is 12.4 Å². The molecule has 1 rings (SSSR count). The van der Waals surface area contributed by atoms with Crippen LogP contribution in [-0.4, -0.2) is 0 Å². The summed E-state index contributed by atoms with van der Waals surface area (Å²) in [4.78, 5) is 0. The van der Waals surface area contributed by atoms with E-state index < -0.39 is 0 Å². The Hall–Kier alpha value is -0.530. The summed E-state index contributed by atoms with van der Waals surface area (Å²) in [6.07, 6.45) is 0. The SMILES string of the molecule is Cc1c(C)c(C)c([C@H](N)C(C)(C)C)c(C)c1C.Cl. The van der Waals surface area contributed by atoms with E-state index in [0.29, 0.717) is 0 Å². The van der Waals surface area contributed by atoms with Crippen LogP contribution >= 0.6 is 12.4 Å². The molecule has 0 saturated carbocycles. The van der Waals surface area contributed by atoms with Gasteiger partial charge >= 0.3 is 0 Å². The van der Waals surface area contributed by atoms with E-state index in [9.17, 15) is 0 Å². The number of nitrogens with two attached hydrogens (primary N) is 1. The van der Waals surface area contributed by atoms with Crippen LogP contribution in [0.25, 0.3) is 0 Å². The van der Waals surface area contributed by atoms with Crippen molar-refractivity contribution in [1.82, 2.24) is 0 Å². The first kappa shape index (κ1) is 17.5. The molecule has 0 radical (unpaired) electrons. The van der Waals surface area contributed by atoms with Gasteiger partial charge in [-0.1, -0.05) is 20.8 Å². The van der Waals surface area contributed by atoms with Gasteiger partial charge in [0.05, 0.1) is 0 Å². The van der Waals surface area contributed by atoms with Crippen molar-refractivity contribution < 1.29 is 0 Å². The molecule has 0 bridgehead atoms. The zero-order valence-corrected chi connectivity index (χ0v) is 13.9. The van der Waals surface area contributed by atoms with Crippen molar-refractivity contribution in [1.29, 1.82) is 0 Å². The lowest BCUT2D eigenvalue weighted by Crippen LogP contribution is -2.28. The highest BCUT2D eigenvalue weighted by atomic mass is 35.5. The zero-order chi connectivity index (χ0) is 13.5. The third kappa shape index (κ3) is 2.89. The van der Waals surface area contributed by atoms with Crippen LogP contribution in [0.15, 0.2) is 0 Å². The molecule has 0 aliphatic carbocycles. The smallest absolute Gasteiger partial charge is 0.0349 e. The molecule has 0 fully saturated rings. The Bertz CT molecular complexity index is 412. The van der Waals surface area contributed by atoms with Crippen LogP contribution in [-0.2, 0) is 0 Å². The van der Waals surface area contributed by atoms with Gasteiger partial charge in [-0.25, -0.2) is 0 Å². The molecule has 2 heteroatoms. The molecule has 0 heterocycles. The van der Waals surface area contributed by atoms with E-state index in [2.05, 4.69) is 55.4 Å². The average Bonchev–Trinajstić information content (AvgIpc) is 2.22. The second-order valence-electron chi connectivity index (χ2n) is 6.38. The molecule has 1 aromatic rings. The molecule has 0 saturated heterocycles. The predicted molar refractivity (Wildman–Crippen MR) is 83.8 cm³/mol. The summed E-state index contributed by atoms with van der Waals surface area (Å²) in [5, 5.41) is 0. The van der Waals surface area contributed by atoms with Gasteiger partial charge in [0.1, 0.15) is 0 Å². The van der Waals surface area contributed by atoms with Gasteiger partial charge in [0.25, 0.3) is 0 Å². The van der Waals surface area contributed by atoms with Gasteiger partial charge in [-0.3, -0.25) is 0 Å². The average molecular weight is 270 g/mol. The quantitative estimate of drug-likeness (QED) is 0.786. The molecule has 1 nitrogen and oxygen atoms in total. The van der Waals surface area contributed by atoms with Crippen LogP contribution in [0, 0.1) is 40.0 Å². The first-order chi connectivity index (χ1) is 7.59. The summed E-state index contributed by atoms with van der Waals surface area (Å²) in [6, 6.07) is 0.0977. The summed E-state index contributed by atoms with van der Waals surface area (Å²) in [5.74, 6) is 0. The van der Waals surface area contributed by atoms with Gasteiger partial charge in [-0.15, -0.1) is 12.4 Å². The lowest BCUT2D eigenvalue weighted by molar-refractivity contribution is 0.325. The fraction of sp³-hybridized carbons (Fsp3) is 0.625. The number of halogens is 1. The monoisotopic (exact) mass is 269 g/mol. The Labute approximate surface area is 119 Å². The molecular weight excluding hydrogens is 242 g/mol.